The number of halogens is 1. The summed E-state index contributed by atoms with van der Waals surface area (Å²) in [5.74, 6) is 0.368. The Labute approximate surface area is 104 Å². The Morgan fingerprint density at radius 1 is 1.47 bits per heavy atom. The predicted molar refractivity (Wildman–Crippen MR) is 71.3 cm³/mol. The summed E-state index contributed by atoms with van der Waals surface area (Å²) in [4.78, 5) is 4.49. The third-order valence-corrected chi connectivity index (χ3v) is 3.64. The first kappa shape index (κ1) is 14.6. The van der Waals surface area contributed by atoms with Crippen LogP contribution in [0.4, 0.5) is 4.39 Å². The molecule has 0 aromatic rings. The quantitative estimate of drug-likeness (QED) is 0.776. The third kappa shape index (κ3) is 3.26. The third-order valence-electron chi connectivity index (χ3n) is 3.64. The first-order valence-electron chi connectivity index (χ1n) is 6.62. The second-order valence-electron chi connectivity index (χ2n) is 5.35. The normalized spacial score (nSPS) is 32.8. The van der Waals surface area contributed by atoms with Crippen molar-refractivity contribution in [3.05, 3.63) is 0 Å². The van der Waals surface area contributed by atoms with Crippen molar-refractivity contribution in [1.29, 1.82) is 0 Å². The van der Waals surface area contributed by atoms with Crippen LogP contribution in [0.3, 0.4) is 0 Å². The number of alkyl halides is 1. The molecule has 17 heavy (non-hydrogen) atoms. The van der Waals surface area contributed by atoms with Crippen LogP contribution < -0.4 is 10.6 Å². The molecule has 1 aliphatic rings. The van der Waals surface area contributed by atoms with Crippen LogP contribution in [-0.2, 0) is 0 Å². The zero-order chi connectivity index (χ0) is 13.1. The highest BCUT2D eigenvalue weighted by molar-refractivity contribution is 5.65. The van der Waals surface area contributed by atoms with E-state index in [0.29, 0.717) is 18.5 Å². The first-order valence-corrected chi connectivity index (χ1v) is 6.62. The minimum Gasteiger partial charge on any atom is -0.308 e. The molecule has 0 saturated carbocycles. The van der Waals surface area contributed by atoms with Crippen LogP contribution >= 0.6 is 0 Å². The molecule has 0 saturated heterocycles. The Kier molecular flexibility index (Phi) is 5.07. The van der Waals surface area contributed by atoms with Gasteiger partial charge in [-0.05, 0) is 19.3 Å². The van der Waals surface area contributed by atoms with Crippen LogP contribution in [0.25, 0.3) is 0 Å². The molecule has 0 amide bonds. The lowest BCUT2D eigenvalue weighted by Crippen LogP contribution is -2.64. The van der Waals surface area contributed by atoms with Crippen molar-refractivity contribution in [2.45, 2.75) is 65.0 Å². The molecule has 0 spiro atoms. The molecule has 0 bridgehead atoms. The van der Waals surface area contributed by atoms with Crippen molar-refractivity contribution in [2.24, 2.45) is 10.9 Å². The van der Waals surface area contributed by atoms with Gasteiger partial charge in [-0.25, -0.2) is 4.39 Å². The van der Waals surface area contributed by atoms with Crippen LogP contribution in [-0.4, -0.2) is 36.7 Å². The van der Waals surface area contributed by atoms with E-state index in [1.54, 1.807) is 0 Å². The fraction of sp³-hybridized carbons (Fsp3) is 0.923. The van der Waals surface area contributed by atoms with Gasteiger partial charge in [0.05, 0.1) is 0 Å². The van der Waals surface area contributed by atoms with Crippen molar-refractivity contribution in [1.82, 2.24) is 10.6 Å². The van der Waals surface area contributed by atoms with Gasteiger partial charge >= 0.3 is 0 Å². The van der Waals surface area contributed by atoms with Gasteiger partial charge in [-0.15, -0.1) is 0 Å². The molecule has 4 atom stereocenters. The molecule has 0 aromatic carbocycles. The van der Waals surface area contributed by atoms with Crippen molar-refractivity contribution in [3.63, 3.8) is 0 Å². The zero-order valence-corrected chi connectivity index (χ0v) is 11.6. The van der Waals surface area contributed by atoms with Crippen molar-refractivity contribution >= 4 is 6.21 Å². The second-order valence-corrected chi connectivity index (χ2v) is 5.35. The summed E-state index contributed by atoms with van der Waals surface area (Å²) in [5.41, 5.74) is -0.373. The second kappa shape index (κ2) is 5.91. The van der Waals surface area contributed by atoms with Crippen LogP contribution in [0, 0.1) is 5.92 Å². The van der Waals surface area contributed by atoms with E-state index in [1.165, 1.54) is 6.21 Å². The number of aliphatic imine (C=N–C) groups is 1. The summed E-state index contributed by atoms with van der Waals surface area (Å²) in [5, 5.41) is 6.79. The van der Waals surface area contributed by atoms with E-state index in [0.717, 1.165) is 6.42 Å². The minimum absolute atomic E-state index is 0.182. The maximum atomic E-state index is 13.2. The molecule has 2 N–H and O–H groups in total. The van der Waals surface area contributed by atoms with Gasteiger partial charge in [0, 0.05) is 24.8 Å². The largest absolute Gasteiger partial charge is 0.308 e. The van der Waals surface area contributed by atoms with E-state index < -0.39 is 6.17 Å². The fourth-order valence-corrected chi connectivity index (χ4v) is 2.49. The number of hydrogen-bond acceptors (Lipinski definition) is 3. The van der Waals surface area contributed by atoms with Crippen molar-refractivity contribution in [2.75, 3.05) is 6.54 Å². The zero-order valence-electron chi connectivity index (χ0n) is 11.6. The van der Waals surface area contributed by atoms with Crippen LogP contribution in [0.1, 0.15) is 41.0 Å². The molecule has 3 unspecified atom stereocenters. The maximum Gasteiger partial charge on any atom is 0.147 e. The van der Waals surface area contributed by atoms with Gasteiger partial charge in [-0.1, -0.05) is 27.7 Å². The highest BCUT2D eigenvalue weighted by Crippen LogP contribution is 2.28. The van der Waals surface area contributed by atoms with Crippen LogP contribution in [0.15, 0.2) is 4.99 Å². The Morgan fingerprint density at radius 2 is 2.12 bits per heavy atom. The molecule has 3 nitrogen and oxygen atoms in total. The number of hydrogen-bond donors (Lipinski definition) is 2. The van der Waals surface area contributed by atoms with E-state index in [9.17, 15) is 4.39 Å². The molecule has 1 heterocycles. The molecule has 0 radical (unpaired) electrons. The molecule has 4 heteroatoms. The maximum absolute atomic E-state index is 13.2. The average molecular weight is 243 g/mol. The molecular weight excluding hydrogens is 217 g/mol. The molecule has 0 fully saturated rings. The minimum atomic E-state index is -0.960. The summed E-state index contributed by atoms with van der Waals surface area (Å²) >= 11 is 0. The van der Waals surface area contributed by atoms with Gasteiger partial charge in [-0.2, -0.15) is 0 Å². The van der Waals surface area contributed by atoms with Crippen LogP contribution in [0.5, 0.6) is 0 Å². The summed E-state index contributed by atoms with van der Waals surface area (Å²) in [6.45, 7) is 11.0. The Hall–Kier alpha value is -0.480. The van der Waals surface area contributed by atoms with Gasteiger partial charge in [0.1, 0.15) is 11.8 Å². The lowest BCUT2D eigenvalue weighted by Gasteiger charge is -2.44. The number of rotatable bonds is 5. The summed E-state index contributed by atoms with van der Waals surface area (Å²) in [7, 11) is 0. The van der Waals surface area contributed by atoms with E-state index >= 15 is 0 Å². The predicted octanol–water partition coefficient (Wildman–Crippen LogP) is 2.13. The lowest BCUT2D eigenvalue weighted by molar-refractivity contribution is 0.145. The van der Waals surface area contributed by atoms with Gasteiger partial charge in [-0.3, -0.25) is 10.3 Å². The molecule has 1 aliphatic heterocycles. The Balaban J connectivity index is 2.90. The van der Waals surface area contributed by atoms with E-state index in [4.69, 9.17) is 0 Å². The Bertz CT molecular complexity index is 267. The Morgan fingerprint density at radius 3 is 2.53 bits per heavy atom. The molecular formula is C13H26FN3. The van der Waals surface area contributed by atoms with E-state index in [-0.39, 0.29) is 11.7 Å². The number of nitrogens with zero attached hydrogens (tertiary/aromatic N) is 1. The molecule has 0 aromatic heterocycles. The lowest BCUT2D eigenvalue weighted by atomic mass is 9.84. The smallest absolute Gasteiger partial charge is 0.147 e. The average Bonchev–Trinajstić information content (AvgIpc) is 2.28. The van der Waals surface area contributed by atoms with Gasteiger partial charge in [0.25, 0.3) is 0 Å². The van der Waals surface area contributed by atoms with E-state index in [1.807, 2.05) is 0 Å². The van der Waals surface area contributed by atoms with Crippen LogP contribution in [0.2, 0.25) is 0 Å². The van der Waals surface area contributed by atoms with Crippen molar-refractivity contribution < 1.29 is 4.39 Å². The first-order chi connectivity index (χ1) is 7.92. The van der Waals surface area contributed by atoms with Crippen molar-refractivity contribution in [3.8, 4) is 0 Å². The topological polar surface area (TPSA) is 36.4 Å². The van der Waals surface area contributed by atoms with Gasteiger partial charge in [0.2, 0.25) is 0 Å². The summed E-state index contributed by atoms with van der Waals surface area (Å²) < 4.78 is 13.2. The summed E-state index contributed by atoms with van der Waals surface area (Å²) in [6.07, 6.45) is 1.52. The molecule has 0 aliphatic carbocycles. The molecule has 100 valence electrons. The summed E-state index contributed by atoms with van der Waals surface area (Å²) in [6, 6.07) is 0.576. The monoisotopic (exact) mass is 243 g/mol. The SMILES string of the molecule is CCC(C)C1([C@H](C)NC(C)C)N=CC(F)CN1. The highest BCUT2D eigenvalue weighted by Gasteiger charge is 2.42. The van der Waals surface area contributed by atoms with Gasteiger partial charge in [0.15, 0.2) is 0 Å². The number of nitrogens with one attached hydrogen (secondary N) is 2. The highest BCUT2D eigenvalue weighted by atomic mass is 19.1. The van der Waals surface area contributed by atoms with E-state index in [2.05, 4.69) is 50.2 Å². The van der Waals surface area contributed by atoms with Gasteiger partial charge < -0.3 is 5.32 Å². The molecule has 1 rings (SSSR count). The fourth-order valence-electron chi connectivity index (χ4n) is 2.49. The standard InChI is InChI=1S/C13H26FN3/c1-6-10(4)13(11(5)17-9(2)3)15-7-12(14)8-16-13/h7,9-12,16-17H,6,8H2,1-5H3/t10?,11-,12?,13?/m0/s1.